The van der Waals surface area contributed by atoms with E-state index in [4.69, 9.17) is 5.11 Å². The van der Waals surface area contributed by atoms with Crippen molar-refractivity contribution in [2.75, 3.05) is 5.32 Å². The number of carbonyl (C=O) groups excluding carboxylic acids is 1. The first-order valence-corrected chi connectivity index (χ1v) is 7.73. The van der Waals surface area contributed by atoms with Gasteiger partial charge in [0.25, 0.3) is 5.91 Å². The van der Waals surface area contributed by atoms with E-state index in [2.05, 4.69) is 10.6 Å². The Labute approximate surface area is 137 Å². The van der Waals surface area contributed by atoms with E-state index in [9.17, 15) is 4.79 Å². The Balaban J connectivity index is 2.09. The normalized spacial score (nSPS) is 11.1. The average molecular weight is 312 g/mol. The molecule has 0 saturated heterocycles. The minimum atomic E-state index is -0.273. The summed E-state index contributed by atoms with van der Waals surface area (Å²) in [6.07, 6.45) is 0. The monoisotopic (exact) mass is 312 g/mol. The van der Waals surface area contributed by atoms with Gasteiger partial charge in [0.2, 0.25) is 0 Å². The summed E-state index contributed by atoms with van der Waals surface area (Å²) in [5.74, 6) is -0.0868. The maximum atomic E-state index is 12.4. The van der Waals surface area contributed by atoms with Crippen LogP contribution in [-0.2, 0) is 13.2 Å². The number of hydrogen-bond donors (Lipinski definition) is 3. The third-order valence-corrected chi connectivity index (χ3v) is 3.35. The van der Waals surface area contributed by atoms with Crippen molar-refractivity contribution < 1.29 is 9.90 Å². The van der Waals surface area contributed by atoms with E-state index in [-0.39, 0.29) is 18.1 Å². The lowest BCUT2D eigenvalue weighted by Gasteiger charge is -2.21. The number of benzene rings is 2. The number of aliphatic hydroxyl groups is 1. The summed E-state index contributed by atoms with van der Waals surface area (Å²) < 4.78 is 0. The van der Waals surface area contributed by atoms with Crippen molar-refractivity contribution in [2.24, 2.45) is 0 Å². The largest absolute Gasteiger partial charge is 0.392 e. The van der Waals surface area contributed by atoms with Gasteiger partial charge in [0, 0.05) is 17.8 Å². The molecule has 0 heterocycles. The number of hydrogen-bond acceptors (Lipinski definition) is 3. The summed E-state index contributed by atoms with van der Waals surface area (Å²) in [7, 11) is 0. The second-order valence-electron chi connectivity index (χ2n) is 6.58. The maximum Gasteiger partial charge on any atom is 0.253 e. The molecule has 23 heavy (non-hydrogen) atoms. The molecule has 0 unspecified atom stereocenters. The van der Waals surface area contributed by atoms with E-state index in [1.807, 2.05) is 69.3 Å². The third-order valence-electron chi connectivity index (χ3n) is 3.35. The van der Waals surface area contributed by atoms with E-state index in [1.165, 1.54) is 0 Å². The van der Waals surface area contributed by atoms with Gasteiger partial charge in [0.1, 0.15) is 0 Å². The highest BCUT2D eigenvalue weighted by molar-refractivity contribution is 5.99. The standard InChI is InChI=1S/C19H24N2O2/c1-19(2,3)21-18(23)16-6-4-5-7-17(16)20-12-14-8-10-15(13-22)11-9-14/h4-11,20,22H,12-13H2,1-3H3,(H,21,23). The molecule has 122 valence electrons. The van der Waals surface area contributed by atoms with Crippen molar-refractivity contribution in [3.63, 3.8) is 0 Å². The summed E-state index contributed by atoms with van der Waals surface area (Å²) in [4.78, 5) is 12.4. The van der Waals surface area contributed by atoms with Crippen LogP contribution in [0.3, 0.4) is 0 Å². The molecule has 3 N–H and O–H groups in total. The van der Waals surface area contributed by atoms with Crippen LogP contribution in [0.1, 0.15) is 42.3 Å². The number of para-hydroxylation sites is 1. The van der Waals surface area contributed by atoms with Crippen LogP contribution in [0.2, 0.25) is 0 Å². The molecular formula is C19H24N2O2. The lowest BCUT2D eigenvalue weighted by molar-refractivity contribution is 0.0920. The van der Waals surface area contributed by atoms with Crippen LogP contribution >= 0.6 is 0 Å². The van der Waals surface area contributed by atoms with E-state index >= 15 is 0 Å². The van der Waals surface area contributed by atoms with Gasteiger partial charge >= 0.3 is 0 Å². The molecule has 0 atom stereocenters. The molecule has 0 aliphatic heterocycles. The smallest absolute Gasteiger partial charge is 0.253 e. The Bertz CT molecular complexity index is 658. The van der Waals surface area contributed by atoms with Gasteiger partial charge in [0.05, 0.1) is 12.2 Å². The van der Waals surface area contributed by atoms with Gasteiger partial charge < -0.3 is 15.7 Å². The van der Waals surface area contributed by atoms with E-state index in [0.29, 0.717) is 12.1 Å². The Hall–Kier alpha value is -2.33. The van der Waals surface area contributed by atoms with Crippen LogP contribution in [-0.4, -0.2) is 16.6 Å². The van der Waals surface area contributed by atoms with Crippen LogP contribution in [0.25, 0.3) is 0 Å². The molecule has 0 aliphatic carbocycles. The molecule has 0 aromatic heterocycles. The first-order valence-electron chi connectivity index (χ1n) is 7.73. The van der Waals surface area contributed by atoms with Gasteiger partial charge in [-0.1, -0.05) is 36.4 Å². The fourth-order valence-corrected chi connectivity index (χ4v) is 2.20. The lowest BCUT2D eigenvalue weighted by Crippen LogP contribution is -2.40. The number of nitrogens with one attached hydrogen (secondary N) is 2. The predicted molar refractivity (Wildman–Crippen MR) is 93.4 cm³/mol. The minimum absolute atomic E-state index is 0.0452. The number of amides is 1. The molecule has 2 rings (SSSR count). The second kappa shape index (κ2) is 7.29. The molecule has 4 nitrogen and oxygen atoms in total. The number of rotatable bonds is 5. The summed E-state index contributed by atoms with van der Waals surface area (Å²) in [6.45, 7) is 6.55. The highest BCUT2D eigenvalue weighted by atomic mass is 16.3. The van der Waals surface area contributed by atoms with Gasteiger partial charge in [-0.2, -0.15) is 0 Å². The highest BCUT2D eigenvalue weighted by Gasteiger charge is 2.17. The fraction of sp³-hybridized carbons (Fsp3) is 0.316. The summed E-state index contributed by atoms with van der Waals surface area (Å²) >= 11 is 0. The van der Waals surface area contributed by atoms with Crippen molar-refractivity contribution in [2.45, 2.75) is 39.5 Å². The van der Waals surface area contributed by atoms with Crippen molar-refractivity contribution in [3.8, 4) is 0 Å². The first-order chi connectivity index (χ1) is 10.9. The molecule has 0 spiro atoms. The van der Waals surface area contributed by atoms with Gasteiger partial charge in [0.15, 0.2) is 0 Å². The van der Waals surface area contributed by atoms with Crippen LogP contribution in [0.4, 0.5) is 5.69 Å². The Morgan fingerprint density at radius 3 is 2.22 bits per heavy atom. The van der Waals surface area contributed by atoms with Crippen molar-refractivity contribution >= 4 is 11.6 Å². The zero-order valence-electron chi connectivity index (χ0n) is 13.9. The van der Waals surface area contributed by atoms with Crippen LogP contribution in [0.15, 0.2) is 48.5 Å². The third kappa shape index (κ3) is 5.11. The van der Waals surface area contributed by atoms with Crippen LogP contribution in [0.5, 0.6) is 0 Å². The van der Waals surface area contributed by atoms with Gasteiger partial charge in [-0.3, -0.25) is 4.79 Å². The number of carbonyl (C=O) groups is 1. The molecule has 0 bridgehead atoms. The molecule has 0 radical (unpaired) electrons. The molecule has 0 saturated carbocycles. The zero-order chi connectivity index (χ0) is 16.9. The van der Waals surface area contributed by atoms with E-state index in [0.717, 1.165) is 16.8 Å². The fourth-order valence-electron chi connectivity index (χ4n) is 2.20. The molecular weight excluding hydrogens is 288 g/mol. The SMILES string of the molecule is CC(C)(C)NC(=O)c1ccccc1NCc1ccc(CO)cc1. The van der Waals surface area contributed by atoms with Crippen molar-refractivity contribution in [1.82, 2.24) is 5.32 Å². The van der Waals surface area contributed by atoms with E-state index in [1.54, 1.807) is 0 Å². The Morgan fingerprint density at radius 2 is 1.61 bits per heavy atom. The minimum Gasteiger partial charge on any atom is -0.392 e. The summed E-state index contributed by atoms with van der Waals surface area (Å²) in [5, 5.41) is 15.4. The zero-order valence-corrected chi connectivity index (χ0v) is 13.9. The second-order valence-corrected chi connectivity index (χ2v) is 6.58. The lowest BCUT2D eigenvalue weighted by atomic mass is 10.1. The Kier molecular flexibility index (Phi) is 5.40. The average Bonchev–Trinajstić information content (AvgIpc) is 2.52. The molecule has 2 aromatic rings. The van der Waals surface area contributed by atoms with Crippen molar-refractivity contribution in [3.05, 3.63) is 65.2 Å². The quantitative estimate of drug-likeness (QED) is 0.793. The van der Waals surface area contributed by atoms with Crippen molar-refractivity contribution in [1.29, 1.82) is 0 Å². The molecule has 0 fully saturated rings. The maximum absolute atomic E-state index is 12.4. The van der Waals surface area contributed by atoms with E-state index < -0.39 is 0 Å². The van der Waals surface area contributed by atoms with Crippen LogP contribution in [0, 0.1) is 0 Å². The number of anilines is 1. The Morgan fingerprint density at radius 1 is 1.00 bits per heavy atom. The predicted octanol–water partition coefficient (Wildman–Crippen LogP) is 3.32. The number of aliphatic hydroxyl groups excluding tert-OH is 1. The van der Waals surface area contributed by atoms with Gasteiger partial charge in [-0.05, 0) is 44.0 Å². The highest BCUT2D eigenvalue weighted by Crippen LogP contribution is 2.17. The van der Waals surface area contributed by atoms with Gasteiger partial charge in [-0.15, -0.1) is 0 Å². The van der Waals surface area contributed by atoms with Gasteiger partial charge in [-0.25, -0.2) is 0 Å². The molecule has 2 aromatic carbocycles. The topological polar surface area (TPSA) is 61.4 Å². The summed E-state index contributed by atoms with van der Waals surface area (Å²) in [5.41, 5.74) is 3.14. The molecule has 4 heteroatoms. The molecule has 1 amide bonds. The first kappa shape index (κ1) is 17.0. The molecule has 0 aliphatic rings. The summed E-state index contributed by atoms with van der Waals surface area (Å²) in [6, 6.07) is 15.2. The van der Waals surface area contributed by atoms with Crippen LogP contribution < -0.4 is 10.6 Å².